The van der Waals surface area contributed by atoms with Gasteiger partial charge >= 0.3 is 5.97 Å². The van der Waals surface area contributed by atoms with Gasteiger partial charge in [0.25, 0.3) is 0 Å². The van der Waals surface area contributed by atoms with Gasteiger partial charge < -0.3 is 19.1 Å². The van der Waals surface area contributed by atoms with Crippen molar-refractivity contribution in [1.82, 2.24) is 10.2 Å². The van der Waals surface area contributed by atoms with Crippen molar-refractivity contribution in [2.45, 2.75) is 6.04 Å². The van der Waals surface area contributed by atoms with Crippen molar-refractivity contribution in [3.8, 4) is 11.5 Å². The Morgan fingerprint density at radius 2 is 2.24 bits per heavy atom. The van der Waals surface area contributed by atoms with Crippen LogP contribution in [0.5, 0.6) is 11.5 Å². The van der Waals surface area contributed by atoms with Crippen molar-refractivity contribution in [2.75, 3.05) is 41.1 Å². The highest BCUT2D eigenvalue weighted by Gasteiger charge is 2.26. The van der Waals surface area contributed by atoms with Crippen LogP contribution >= 0.6 is 15.9 Å². The summed E-state index contributed by atoms with van der Waals surface area (Å²) in [6.07, 6.45) is 0. The van der Waals surface area contributed by atoms with E-state index in [9.17, 15) is 4.79 Å². The maximum Gasteiger partial charge on any atom is 0.327 e. The molecule has 6 nitrogen and oxygen atoms in total. The lowest BCUT2D eigenvalue weighted by Gasteiger charge is -2.19. The fourth-order valence-electron chi connectivity index (χ4n) is 2.04. The Bertz CT molecular complexity index is 522. The van der Waals surface area contributed by atoms with Crippen molar-refractivity contribution in [2.24, 2.45) is 0 Å². The Labute approximate surface area is 132 Å². The molecule has 1 aromatic carbocycles. The molecular weight excluding hydrogens is 340 g/mol. The van der Waals surface area contributed by atoms with Crippen molar-refractivity contribution >= 4 is 21.9 Å². The van der Waals surface area contributed by atoms with Crippen molar-refractivity contribution in [3.05, 3.63) is 22.2 Å². The summed E-state index contributed by atoms with van der Waals surface area (Å²) >= 11 is 3.44. The topological polar surface area (TPSA) is 60.0 Å². The molecule has 0 saturated carbocycles. The van der Waals surface area contributed by atoms with Crippen molar-refractivity contribution < 1.29 is 19.0 Å². The Morgan fingerprint density at radius 1 is 1.48 bits per heavy atom. The van der Waals surface area contributed by atoms with Crippen LogP contribution in [0.3, 0.4) is 0 Å². The number of methoxy groups -OCH3 is 1. The molecule has 116 valence electrons. The number of fused-ring (bicyclic) bond motifs is 1. The quantitative estimate of drug-likeness (QED) is 0.778. The lowest BCUT2D eigenvalue weighted by molar-refractivity contribution is -0.143. The van der Waals surface area contributed by atoms with E-state index in [0.717, 1.165) is 16.6 Å². The molecule has 1 aromatic rings. The third-order valence-electron chi connectivity index (χ3n) is 3.13. The maximum atomic E-state index is 12.0. The summed E-state index contributed by atoms with van der Waals surface area (Å²) in [5, 5.41) is 3.20. The minimum Gasteiger partial charge on any atom is -0.468 e. The molecule has 1 aliphatic rings. The molecule has 0 aromatic heterocycles. The van der Waals surface area contributed by atoms with E-state index < -0.39 is 6.04 Å². The number of carbonyl (C=O) groups is 1. The largest absolute Gasteiger partial charge is 0.468 e. The molecule has 1 N–H and O–H groups in total. The Kier molecular flexibility index (Phi) is 5.44. The molecule has 7 heteroatoms. The first kappa shape index (κ1) is 16.1. The second-order valence-corrected chi connectivity index (χ2v) is 5.80. The Morgan fingerprint density at radius 3 is 2.90 bits per heavy atom. The van der Waals surface area contributed by atoms with Crippen LogP contribution in [-0.2, 0) is 9.53 Å². The smallest absolute Gasteiger partial charge is 0.327 e. The molecule has 2 rings (SSSR count). The zero-order valence-corrected chi connectivity index (χ0v) is 13.9. The molecule has 1 heterocycles. The minimum absolute atomic E-state index is 0.189. The van der Waals surface area contributed by atoms with Crippen LogP contribution in [0, 0.1) is 0 Å². The van der Waals surface area contributed by atoms with Gasteiger partial charge in [0, 0.05) is 13.1 Å². The summed E-state index contributed by atoms with van der Waals surface area (Å²) in [6.45, 7) is 1.67. The molecule has 0 bridgehead atoms. The molecule has 1 atom stereocenters. The summed E-state index contributed by atoms with van der Waals surface area (Å²) in [5.74, 6) is 0.956. The number of rotatable bonds is 6. The minimum atomic E-state index is -0.541. The first-order chi connectivity index (χ1) is 10.0. The van der Waals surface area contributed by atoms with Crippen LogP contribution in [0.4, 0.5) is 0 Å². The van der Waals surface area contributed by atoms with Gasteiger partial charge in [0.1, 0.15) is 6.04 Å². The van der Waals surface area contributed by atoms with E-state index in [1.807, 2.05) is 25.1 Å². The van der Waals surface area contributed by atoms with E-state index in [1.54, 1.807) is 6.07 Å². The number of nitrogens with zero attached hydrogens (tertiary/aromatic N) is 1. The van der Waals surface area contributed by atoms with E-state index in [4.69, 9.17) is 14.2 Å². The fraction of sp³-hybridized carbons (Fsp3) is 0.500. The maximum absolute atomic E-state index is 12.0. The van der Waals surface area contributed by atoms with Crippen LogP contribution in [0.15, 0.2) is 16.6 Å². The van der Waals surface area contributed by atoms with Gasteiger partial charge in [-0.05, 0) is 47.7 Å². The van der Waals surface area contributed by atoms with Gasteiger partial charge in [-0.3, -0.25) is 5.32 Å². The number of esters is 1. The summed E-state index contributed by atoms with van der Waals surface area (Å²) < 4.78 is 16.4. The highest BCUT2D eigenvalue weighted by Crippen LogP contribution is 2.41. The summed E-state index contributed by atoms with van der Waals surface area (Å²) in [5.41, 5.74) is 0.775. The second kappa shape index (κ2) is 7.11. The predicted molar refractivity (Wildman–Crippen MR) is 81.6 cm³/mol. The molecule has 0 fully saturated rings. The number of hydrogen-bond acceptors (Lipinski definition) is 6. The molecule has 0 radical (unpaired) electrons. The molecule has 1 aliphatic heterocycles. The number of hydrogen-bond donors (Lipinski definition) is 1. The molecule has 21 heavy (non-hydrogen) atoms. The van der Waals surface area contributed by atoms with E-state index >= 15 is 0 Å². The third-order valence-corrected chi connectivity index (χ3v) is 3.72. The number of ether oxygens (including phenoxy) is 3. The molecule has 0 saturated heterocycles. The molecule has 1 unspecified atom stereocenters. The molecular formula is C14H19BrN2O4. The number of benzene rings is 1. The SMILES string of the molecule is COC(=O)C(NCCN(C)C)c1cc(Br)c2c(c1)OCO2. The molecule has 0 amide bonds. The normalized spacial score (nSPS) is 14.3. The predicted octanol–water partition coefficient (Wildman–Crippen LogP) is 1.54. The molecule has 0 spiro atoms. The van der Waals surface area contributed by atoms with Crippen molar-refractivity contribution in [3.63, 3.8) is 0 Å². The average molecular weight is 359 g/mol. The van der Waals surface area contributed by atoms with E-state index in [2.05, 4.69) is 21.2 Å². The van der Waals surface area contributed by atoms with Gasteiger partial charge in [0.05, 0.1) is 11.6 Å². The zero-order valence-electron chi connectivity index (χ0n) is 12.3. The fourth-order valence-corrected chi connectivity index (χ4v) is 2.62. The van der Waals surface area contributed by atoms with Gasteiger partial charge in [-0.25, -0.2) is 4.79 Å². The lowest BCUT2D eigenvalue weighted by atomic mass is 10.1. The Hall–Kier alpha value is -1.31. The van der Waals surface area contributed by atoms with Gasteiger partial charge in [-0.1, -0.05) is 0 Å². The first-order valence-corrected chi connectivity index (χ1v) is 7.37. The average Bonchev–Trinajstić information content (AvgIpc) is 2.91. The monoisotopic (exact) mass is 358 g/mol. The highest BCUT2D eigenvalue weighted by molar-refractivity contribution is 9.10. The van der Waals surface area contributed by atoms with Gasteiger partial charge in [-0.2, -0.15) is 0 Å². The zero-order chi connectivity index (χ0) is 15.4. The standard InChI is InChI=1S/C14H19BrN2O4/c1-17(2)5-4-16-12(14(18)19-3)9-6-10(15)13-11(7-9)20-8-21-13/h6-7,12,16H,4-5,8H2,1-3H3. The summed E-state index contributed by atoms with van der Waals surface area (Å²) in [7, 11) is 5.34. The van der Waals surface area contributed by atoms with Crippen LogP contribution in [0.2, 0.25) is 0 Å². The van der Waals surface area contributed by atoms with E-state index in [-0.39, 0.29) is 12.8 Å². The van der Waals surface area contributed by atoms with Crippen LogP contribution < -0.4 is 14.8 Å². The highest BCUT2D eigenvalue weighted by atomic mass is 79.9. The van der Waals surface area contributed by atoms with Crippen LogP contribution in [-0.4, -0.2) is 52.0 Å². The first-order valence-electron chi connectivity index (χ1n) is 6.58. The third kappa shape index (κ3) is 3.87. The van der Waals surface area contributed by atoms with Crippen molar-refractivity contribution in [1.29, 1.82) is 0 Å². The van der Waals surface area contributed by atoms with Gasteiger partial charge in [0.15, 0.2) is 11.5 Å². The Balaban J connectivity index is 2.20. The lowest BCUT2D eigenvalue weighted by Crippen LogP contribution is -2.34. The number of halogens is 1. The number of carbonyl (C=O) groups excluding carboxylic acids is 1. The summed E-state index contributed by atoms with van der Waals surface area (Å²) in [4.78, 5) is 14.1. The summed E-state index contributed by atoms with van der Waals surface area (Å²) in [6, 6.07) is 3.11. The van der Waals surface area contributed by atoms with Crippen LogP contribution in [0.25, 0.3) is 0 Å². The van der Waals surface area contributed by atoms with E-state index in [1.165, 1.54) is 7.11 Å². The second-order valence-electron chi connectivity index (χ2n) is 4.95. The van der Waals surface area contributed by atoms with E-state index in [0.29, 0.717) is 18.0 Å². The van der Waals surface area contributed by atoms with Crippen LogP contribution in [0.1, 0.15) is 11.6 Å². The van der Waals surface area contributed by atoms with Gasteiger partial charge in [0.2, 0.25) is 6.79 Å². The van der Waals surface area contributed by atoms with Gasteiger partial charge in [-0.15, -0.1) is 0 Å². The molecule has 0 aliphatic carbocycles. The number of likely N-dealkylation sites (N-methyl/N-ethyl adjacent to an activating group) is 1. The number of nitrogens with one attached hydrogen (secondary N) is 1.